The highest BCUT2D eigenvalue weighted by molar-refractivity contribution is 5.93. The zero-order valence-electron chi connectivity index (χ0n) is 12.8. The van der Waals surface area contributed by atoms with E-state index in [1.807, 2.05) is 14.1 Å². The normalized spacial score (nSPS) is 22.5. The topological polar surface area (TPSA) is 92.4 Å². The monoisotopic (exact) mass is 297 g/mol. The van der Waals surface area contributed by atoms with Crippen LogP contribution in [0.2, 0.25) is 0 Å². The number of carbonyl (C=O) groups is 1. The smallest absolute Gasteiger partial charge is 0.274 e. The minimum absolute atomic E-state index is 0.0325. The van der Waals surface area contributed by atoms with Crippen LogP contribution in [0.1, 0.15) is 22.6 Å². The number of aromatic nitrogens is 3. The molecule has 2 N–H and O–H groups in total. The van der Waals surface area contributed by atoms with E-state index in [4.69, 9.17) is 9.47 Å². The predicted octanol–water partition coefficient (Wildman–Crippen LogP) is -0.421. The number of carbonyl (C=O) groups excluding carboxylic acids is 1. The quantitative estimate of drug-likeness (QED) is 0.741. The first-order valence-electron chi connectivity index (χ1n) is 7.10. The summed E-state index contributed by atoms with van der Waals surface area (Å²) >= 11 is 0. The summed E-state index contributed by atoms with van der Waals surface area (Å²) in [6, 6.07) is -0.162. The van der Waals surface area contributed by atoms with Crippen LogP contribution in [0, 0.1) is 6.92 Å². The Kier molecular flexibility index (Phi) is 5.66. The second-order valence-corrected chi connectivity index (χ2v) is 5.41. The first-order valence-corrected chi connectivity index (χ1v) is 7.10. The molecule has 21 heavy (non-hydrogen) atoms. The van der Waals surface area contributed by atoms with E-state index in [2.05, 4.69) is 25.6 Å². The van der Waals surface area contributed by atoms with Gasteiger partial charge in [-0.15, -0.1) is 0 Å². The van der Waals surface area contributed by atoms with Crippen LogP contribution in [-0.2, 0) is 9.47 Å². The lowest BCUT2D eigenvalue weighted by Crippen LogP contribution is -2.51. The van der Waals surface area contributed by atoms with E-state index >= 15 is 0 Å². The van der Waals surface area contributed by atoms with E-state index in [1.54, 1.807) is 6.92 Å². The van der Waals surface area contributed by atoms with Crippen molar-refractivity contribution in [3.8, 4) is 0 Å². The molecular weight excluding hydrogens is 274 g/mol. The average Bonchev–Trinajstić information content (AvgIpc) is 2.86. The van der Waals surface area contributed by atoms with Gasteiger partial charge < -0.3 is 19.7 Å². The van der Waals surface area contributed by atoms with E-state index in [1.165, 1.54) is 0 Å². The summed E-state index contributed by atoms with van der Waals surface area (Å²) in [5.74, 6) is -0.252. The van der Waals surface area contributed by atoms with Crippen molar-refractivity contribution < 1.29 is 14.3 Å². The molecule has 2 heterocycles. The number of hydrogen-bond donors (Lipinski definition) is 2. The van der Waals surface area contributed by atoms with Crippen LogP contribution in [0.25, 0.3) is 0 Å². The van der Waals surface area contributed by atoms with Crippen molar-refractivity contribution in [1.82, 2.24) is 25.6 Å². The zero-order valence-corrected chi connectivity index (χ0v) is 12.8. The van der Waals surface area contributed by atoms with Crippen LogP contribution in [-0.4, -0.2) is 78.8 Å². The molecule has 2 rings (SSSR count). The van der Waals surface area contributed by atoms with Crippen LogP contribution in [0.4, 0.5) is 0 Å². The Morgan fingerprint density at radius 1 is 1.52 bits per heavy atom. The molecule has 8 nitrogen and oxygen atoms in total. The van der Waals surface area contributed by atoms with Crippen LogP contribution in [0.5, 0.6) is 0 Å². The molecule has 0 aromatic carbocycles. The van der Waals surface area contributed by atoms with E-state index < -0.39 is 0 Å². The number of nitrogens with zero attached hydrogens (tertiary/aromatic N) is 3. The largest absolute Gasteiger partial charge is 0.379 e. The van der Waals surface area contributed by atoms with Gasteiger partial charge in [0.15, 0.2) is 5.69 Å². The number of aryl methyl sites for hydroxylation is 1. The van der Waals surface area contributed by atoms with Crippen molar-refractivity contribution >= 4 is 5.91 Å². The standard InChI is InChI=1S/C13H23N5O3/c1-9-12(16-17-15-9)13(19)14-10-8-20-6-4-11(10)21-7-5-18(2)3/h10-11H,4-8H2,1-3H3,(H,14,19)(H,15,16,17)/t10-,11+/m1/s1. The number of hydrogen-bond acceptors (Lipinski definition) is 6. The number of likely N-dealkylation sites (N-methyl/N-ethyl adjacent to an activating group) is 1. The summed E-state index contributed by atoms with van der Waals surface area (Å²) in [6.07, 6.45) is 0.741. The Morgan fingerprint density at radius 2 is 2.33 bits per heavy atom. The lowest BCUT2D eigenvalue weighted by atomic mass is 10.1. The fraction of sp³-hybridized carbons (Fsp3) is 0.769. The molecule has 1 fully saturated rings. The molecule has 1 aromatic heterocycles. The fourth-order valence-corrected chi connectivity index (χ4v) is 2.17. The van der Waals surface area contributed by atoms with E-state index in [-0.39, 0.29) is 18.1 Å². The van der Waals surface area contributed by atoms with E-state index in [0.717, 1.165) is 13.0 Å². The highest BCUT2D eigenvalue weighted by Gasteiger charge is 2.29. The molecule has 1 aliphatic rings. The lowest BCUT2D eigenvalue weighted by molar-refractivity contribution is -0.0562. The Balaban J connectivity index is 1.89. The van der Waals surface area contributed by atoms with Gasteiger partial charge in [0.2, 0.25) is 0 Å². The zero-order chi connectivity index (χ0) is 15.2. The Hall–Kier alpha value is -1.51. The Morgan fingerprint density at radius 3 is 3.00 bits per heavy atom. The first kappa shape index (κ1) is 15.9. The molecule has 8 heteroatoms. The molecule has 0 radical (unpaired) electrons. The number of nitrogens with one attached hydrogen (secondary N) is 2. The highest BCUT2D eigenvalue weighted by atomic mass is 16.5. The highest BCUT2D eigenvalue weighted by Crippen LogP contribution is 2.13. The maximum absolute atomic E-state index is 12.2. The molecule has 1 saturated heterocycles. The van der Waals surface area contributed by atoms with Gasteiger partial charge in [-0.2, -0.15) is 15.4 Å². The van der Waals surface area contributed by atoms with Gasteiger partial charge in [-0.25, -0.2) is 0 Å². The summed E-state index contributed by atoms with van der Waals surface area (Å²) in [5.41, 5.74) is 0.891. The van der Waals surface area contributed by atoms with Gasteiger partial charge in [-0.05, 0) is 27.4 Å². The van der Waals surface area contributed by atoms with Gasteiger partial charge in [-0.1, -0.05) is 0 Å². The third-order valence-electron chi connectivity index (χ3n) is 3.42. The van der Waals surface area contributed by atoms with Gasteiger partial charge >= 0.3 is 0 Å². The molecule has 118 valence electrons. The molecule has 1 aromatic rings. The molecule has 1 aliphatic heterocycles. The van der Waals surface area contributed by atoms with Gasteiger partial charge in [0.05, 0.1) is 31.1 Å². The van der Waals surface area contributed by atoms with E-state index in [0.29, 0.717) is 31.2 Å². The van der Waals surface area contributed by atoms with Crippen molar-refractivity contribution in [2.24, 2.45) is 0 Å². The molecule has 2 atom stereocenters. The molecule has 0 bridgehead atoms. The maximum atomic E-state index is 12.2. The third-order valence-corrected chi connectivity index (χ3v) is 3.42. The van der Waals surface area contributed by atoms with Crippen LogP contribution in [0.3, 0.4) is 0 Å². The summed E-state index contributed by atoms with van der Waals surface area (Å²) in [7, 11) is 4.00. The van der Waals surface area contributed by atoms with Gasteiger partial charge in [0, 0.05) is 13.2 Å². The third kappa shape index (κ3) is 4.48. The Labute approximate surface area is 124 Å². The molecule has 0 unspecified atom stereocenters. The fourth-order valence-electron chi connectivity index (χ4n) is 2.17. The second kappa shape index (κ2) is 7.48. The number of H-pyrrole nitrogens is 1. The molecular formula is C13H23N5O3. The van der Waals surface area contributed by atoms with Crippen molar-refractivity contribution in [3.63, 3.8) is 0 Å². The SMILES string of the molecule is Cc1n[nH]nc1C(=O)N[C@@H]1COCC[C@@H]1OCCN(C)C. The number of amides is 1. The number of rotatable bonds is 6. The van der Waals surface area contributed by atoms with E-state index in [9.17, 15) is 4.79 Å². The molecule has 0 saturated carbocycles. The lowest BCUT2D eigenvalue weighted by Gasteiger charge is -2.32. The average molecular weight is 297 g/mol. The van der Waals surface area contributed by atoms with Crippen LogP contribution in [0.15, 0.2) is 0 Å². The molecule has 0 spiro atoms. The van der Waals surface area contributed by atoms with Crippen LogP contribution >= 0.6 is 0 Å². The summed E-state index contributed by atoms with van der Waals surface area (Å²) < 4.78 is 11.3. The van der Waals surface area contributed by atoms with Gasteiger partial charge in [0.1, 0.15) is 0 Å². The maximum Gasteiger partial charge on any atom is 0.274 e. The molecule has 1 amide bonds. The number of aromatic amines is 1. The molecule has 0 aliphatic carbocycles. The minimum Gasteiger partial charge on any atom is -0.379 e. The van der Waals surface area contributed by atoms with Crippen molar-refractivity contribution in [2.75, 3.05) is 40.5 Å². The number of ether oxygens (including phenoxy) is 2. The van der Waals surface area contributed by atoms with Gasteiger partial charge in [-0.3, -0.25) is 4.79 Å². The summed E-state index contributed by atoms with van der Waals surface area (Å²) in [5, 5.41) is 13.1. The van der Waals surface area contributed by atoms with Crippen molar-refractivity contribution in [3.05, 3.63) is 11.4 Å². The van der Waals surface area contributed by atoms with Crippen molar-refractivity contribution in [2.45, 2.75) is 25.5 Å². The summed E-state index contributed by atoms with van der Waals surface area (Å²) in [6.45, 7) is 4.32. The predicted molar refractivity (Wildman–Crippen MR) is 76.1 cm³/mol. The van der Waals surface area contributed by atoms with Crippen molar-refractivity contribution in [1.29, 1.82) is 0 Å². The minimum atomic E-state index is -0.252. The second-order valence-electron chi connectivity index (χ2n) is 5.41. The Bertz CT molecular complexity index is 462. The van der Waals surface area contributed by atoms with Gasteiger partial charge in [0.25, 0.3) is 5.91 Å². The van der Waals surface area contributed by atoms with Crippen LogP contribution < -0.4 is 5.32 Å². The first-order chi connectivity index (χ1) is 10.1. The summed E-state index contributed by atoms with van der Waals surface area (Å²) in [4.78, 5) is 14.2.